The molecule has 5 atom stereocenters. The van der Waals surface area contributed by atoms with Gasteiger partial charge in [-0.05, 0) is 108 Å². The van der Waals surface area contributed by atoms with E-state index in [2.05, 4.69) is 35.7 Å². The lowest BCUT2D eigenvalue weighted by atomic mass is 10.0. The number of nitrogens with one attached hydrogen (secondary N) is 3. The van der Waals surface area contributed by atoms with Gasteiger partial charge in [-0.2, -0.15) is 0 Å². The van der Waals surface area contributed by atoms with Gasteiger partial charge in [-0.3, -0.25) is 43.2 Å². The molecule has 6 saturated heterocycles. The zero-order valence-corrected chi connectivity index (χ0v) is 55.4. The van der Waals surface area contributed by atoms with E-state index in [0.717, 1.165) is 9.80 Å². The smallest absolute Gasteiger partial charge is 0.255 e. The van der Waals surface area contributed by atoms with Crippen molar-refractivity contribution >= 4 is 53.2 Å². The summed E-state index contributed by atoms with van der Waals surface area (Å²) in [6.45, 7) is 3.38. The predicted molar refractivity (Wildman–Crippen MR) is 371 cm³/mol. The van der Waals surface area contributed by atoms with Gasteiger partial charge in [0, 0.05) is 89.6 Å². The lowest BCUT2D eigenvalue weighted by molar-refractivity contribution is -0.144. The van der Waals surface area contributed by atoms with Crippen LogP contribution < -0.4 is 30.2 Å². The zero-order valence-electron chi connectivity index (χ0n) is 70.4. The third kappa shape index (κ3) is 15.9. The van der Waals surface area contributed by atoms with Crippen molar-refractivity contribution in [2.45, 2.75) is 116 Å². The summed E-state index contributed by atoms with van der Waals surface area (Å²) in [5, 5.41) is 8.09. The molecule has 5 unspecified atom stereocenters. The fourth-order valence-electron chi connectivity index (χ4n) is 12.6. The molecule has 0 bridgehead atoms. The predicted octanol–water partition coefficient (Wildman–Crippen LogP) is 7.12. The van der Waals surface area contributed by atoms with Crippen LogP contribution in [-0.2, 0) is 102 Å². The van der Waals surface area contributed by atoms with Crippen LogP contribution in [-0.4, -0.2) is 160 Å². The van der Waals surface area contributed by atoms with Gasteiger partial charge in [0.2, 0.25) is 35.4 Å². The lowest BCUT2D eigenvalue weighted by Crippen LogP contribution is -2.49. The Balaban J connectivity index is 0.000000152. The molecule has 3 N–H and O–H groups in total. The number of carbonyl (C=O) groups excluding carboxylic acids is 9. The molecule has 6 fully saturated rings. The summed E-state index contributed by atoms with van der Waals surface area (Å²) in [4.78, 5) is 121. The van der Waals surface area contributed by atoms with Gasteiger partial charge in [0.15, 0.2) is 0 Å². The van der Waals surface area contributed by atoms with Crippen molar-refractivity contribution < 1.29 is 92.1 Å². The van der Waals surface area contributed by atoms with Crippen LogP contribution in [0.1, 0.15) is 140 Å². The van der Waals surface area contributed by atoms with Crippen LogP contribution in [0.2, 0.25) is 0 Å². The minimum Gasteiger partial charge on any atom is -0.489 e. The molecule has 0 aliphatic carbocycles. The van der Waals surface area contributed by atoms with Crippen LogP contribution in [0.15, 0.2) is 164 Å². The lowest BCUT2D eigenvalue weighted by Gasteiger charge is -2.31. The van der Waals surface area contributed by atoms with Crippen LogP contribution in [0.5, 0.6) is 17.2 Å². The van der Waals surface area contributed by atoms with Gasteiger partial charge in [0.25, 0.3) is 17.7 Å². The molecule has 24 nitrogen and oxygen atoms in total. The highest BCUT2D eigenvalue weighted by Gasteiger charge is 2.43. The van der Waals surface area contributed by atoms with E-state index in [1.165, 1.54) is 37.8 Å². The van der Waals surface area contributed by atoms with Crippen molar-refractivity contribution in [3.05, 3.63) is 231 Å². The zero-order chi connectivity index (χ0) is 84.1. The van der Waals surface area contributed by atoms with E-state index in [0.29, 0.717) is 100 Å². The van der Waals surface area contributed by atoms with Gasteiger partial charge in [0.1, 0.15) is 75.0 Å². The van der Waals surface area contributed by atoms with Gasteiger partial charge in [-0.1, -0.05) is 111 Å². The molecule has 528 valence electrons. The van der Waals surface area contributed by atoms with Crippen LogP contribution in [0.3, 0.4) is 0 Å². The Morgan fingerprint density at radius 3 is 1.19 bits per heavy atom. The number of allylic oxidation sites excluding steroid dienone is 3. The fourth-order valence-corrected chi connectivity index (χ4v) is 12.6. The minimum absolute atomic E-state index is 0.0111. The first-order valence-corrected chi connectivity index (χ1v) is 33.0. The number of benzene rings is 6. The molecule has 6 aromatic carbocycles. The first-order valence-electron chi connectivity index (χ1n) is 40.7. The second-order valence-corrected chi connectivity index (χ2v) is 24.9. The molecule has 102 heavy (non-hydrogen) atoms. The van der Waals surface area contributed by atoms with Crippen LogP contribution in [0.4, 0.5) is 0 Å². The van der Waals surface area contributed by atoms with Gasteiger partial charge < -0.3 is 73.8 Å². The molecular formula is C78H81N9O15. The Hall–Kier alpha value is -11.0. The van der Waals surface area contributed by atoms with Gasteiger partial charge in [-0.15, -0.1) is 0 Å². The summed E-state index contributed by atoms with van der Waals surface area (Å²) >= 11 is 0. The first-order chi connectivity index (χ1) is 55.6. The monoisotopic (exact) mass is 1400 g/mol. The topological polar surface area (TPSA) is 265 Å². The maximum Gasteiger partial charge on any atom is 0.255 e. The molecule has 6 aromatic rings. The Labute approximate surface area is 611 Å². The Bertz CT molecular complexity index is 5120. The number of hydrogen-bond acceptors (Lipinski definition) is 15. The number of piperidine rings is 3. The van der Waals surface area contributed by atoms with E-state index in [1.807, 2.05) is 0 Å². The first kappa shape index (κ1) is 53.0. The van der Waals surface area contributed by atoms with Crippen molar-refractivity contribution in [3.8, 4) is 17.2 Å². The van der Waals surface area contributed by atoms with E-state index in [1.54, 1.807) is 54.6 Å². The SMILES string of the molecule is [2H]c1c([2H])c(C([2H])N2CCOCC2=O)c([2H])c([2H])c1COc1cccc2c1CN(C1CCC(=C)NC1=O)C2=O.[2H]c1cc(C([2H])Oc2cccc3c2CN(C2CCC(=C)NC2=O)C3=O)cc([2H])c1C([2H])([2H])N1CCOCC1=O.[2H]c1cc(COc2cccc3c2CN(C2CCC(=C)NC2=O)C3=O)c([2H])c([2H])c1C([2H])([2H])N1CCOCC1=O. The molecule has 9 amide bonds. The van der Waals surface area contributed by atoms with Gasteiger partial charge in [-0.25, -0.2) is 0 Å². The van der Waals surface area contributed by atoms with Crippen molar-refractivity contribution in [3.63, 3.8) is 0 Å². The number of carbonyl (C=O) groups is 9. The number of amides is 9. The molecular weight excluding hydrogens is 1300 g/mol. The maximum absolute atomic E-state index is 13.1. The van der Waals surface area contributed by atoms with Crippen molar-refractivity contribution in [1.82, 2.24) is 45.3 Å². The average Bonchev–Trinajstić information content (AvgIpc) is 1.74. The van der Waals surface area contributed by atoms with Crippen molar-refractivity contribution in [2.75, 3.05) is 59.3 Å². The van der Waals surface area contributed by atoms with E-state index in [-0.39, 0.29) is 203 Å². The Morgan fingerprint density at radius 2 is 0.775 bits per heavy atom. The highest BCUT2D eigenvalue weighted by molar-refractivity contribution is 6.04. The molecule has 0 spiro atoms. The largest absolute Gasteiger partial charge is 0.489 e. The Kier molecular flexibility index (Phi) is 16.3. The summed E-state index contributed by atoms with van der Waals surface area (Å²) in [5.41, 5.74) is 4.18. The van der Waals surface area contributed by atoms with E-state index < -0.39 is 80.1 Å². The van der Waals surface area contributed by atoms with Gasteiger partial charge >= 0.3 is 0 Å². The van der Waals surface area contributed by atoms with E-state index in [9.17, 15) is 43.2 Å². The third-order valence-electron chi connectivity index (χ3n) is 18.0. The molecule has 9 heterocycles. The number of rotatable bonds is 18. The van der Waals surface area contributed by atoms with Crippen molar-refractivity contribution in [1.29, 1.82) is 0 Å². The quantitative estimate of drug-likeness (QED) is 0.0774. The Morgan fingerprint density at radius 1 is 0.422 bits per heavy atom. The third-order valence-corrected chi connectivity index (χ3v) is 18.0. The summed E-state index contributed by atoms with van der Waals surface area (Å²) in [6, 6.07) is 13.2. The van der Waals surface area contributed by atoms with Crippen molar-refractivity contribution in [2.24, 2.45) is 0 Å². The number of fused-ring (bicyclic) bond motifs is 3. The van der Waals surface area contributed by atoms with Crippen LogP contribution in [0.25, 0.3) is 0 Å². The second kappa shape index (κ2) is 31.3. The highest BCUT2D eigenvalue weighted by atomic mass is 16.5. The molecule has 9 aliphatic rings. The normalized spacial score (nSPS) is 23.4. The van der Waals surface area contributed by atoms with Gasteiger partial charge in [0.05, 0.1) is 60.0 Å². The van der Waals surface area contributed by atoms with E-state index >= 15 is 0 Å². The molecule has 0 saturated carbocycles. The summed E-state index contributed by atoms with van der Waals surface area (Å²) in [5.74, 6) is -2.40. The van der Waals surface area contributed by atoms with Crippen LogP contribution in [0, 0.1) is 0 Å². The summed E-state index contributed by atoms with van der Waals surface area (Å²) < 4.78 is 160. The second-order valence-electron chi connectivity index (χ2n) is 24.9. The average molecular weight is 1400 g/mol. The number of ether oxygens (including phenoxy) is 6. The standard InChI is InChI=1S/3C26H27N3O5/c3*1-17-5-10-22(25(31)27-17)29-14-21-20(26(29)32)3-2-4-23(21)34-15-19-8-6-18(7-9-19)13-28-11-12-33-16-24(28)30/h3*2-4,6-9,22H,1,5,10-16H2,(H,27,31)/i6D,7D,8D,9D,13D;6D,7D,13D2,15D;6D,7D,8D,13D2. The highest BCUT2D eigenvalue weighted by Crippen LogP contribution is 2.38. The maximum atomic E-state index is 13.1. The molecule has 0 radical (unpaired) electrons. The molecule has 0 aromatic heterocycles. The number of morpholine rings is 3. The molecule has 24 heteroatoms. The summed E-state index contributed by atoms with van der Waals surface area (Å²) in [7, 11) is 0. The summed E-state index contributed by atoms with van der Waals surface area (Å²) in [6.07, 6.45) is 3.09. The number of nitrogens with zero attached hydrogens (tertiary/aromatic N) is 6. The fraction of sp³-hybridized carbons (Fsp3) is 0.346. The number of hydrogen-bond donors (Lipinski definition) is 3. The minimum atomic E-state index is -2.47. The van der Waals surface area contributed by atoms with Crippen LogP contribution >= 0.6 is 0 Å². The molecule has 15 rings (SSSR count). The van der Waals surface area contributed by atoms with E-state index in [4.69, 9.17) is 49.0 Å². The molecule has 9 aliphatic heterocycles.